The summed E-state index contributed by atoms with van der Waals surface area (Å²) in [6, 6.07) is 6.65. The van der Waals surface area contributed by atoms with E-state index >= 15 is 0 Å². The predicted octanol–water partition coefficient (Wildman–Crippen LogP) is 4.21. The minimum atomic E-state index is -1.12. The van der Waals surface area contributed by atoms with Gasteiger partial charge in [-0.3, -0.25) is 4.79 Å². The Kier molecular flexibility index (Phi) is 4.68. The Hall–Kier alpha value is -2.53. The molecular formula is C16H9ClF2O3. The van der Waals surface area contributed by atoms with Crippen LogP contribution in [0.25, 0.3) is 6.08 Å². The van der Waals surface area contributed by atoms with Gasteiger partial charge in [0.15, 0.2) is 5.78 Å². The Morgan fingerprint density at radius 3 is 2.41 bits per heavy atom. The average Bonchev–Trinajstić information content (AvgIpc) is 2.45. The molecule has 0 aliphatic rings. The van der Waals surface area contributed by atoms with Crippen molar-refractivity contribution >= 4 is 29.4 Å². The highest BCUT2D eigenvalue weighted by atomic mass is 35.5. The van der Waals surface area contributed by atoms with Crippen LogP contribution in [-0.4, -0.2) is 16.9 Å². The molecule has 3 nitrogen and oxygen atoms in total. The van der Waals surface area contributed by atoms with Gasteiger partial charge in [0.05, 0.1) is 11.1 Å². The van der Waals surface area contributed by atoms with Crippen molar-refractivity contribution in [2.75, 3.05) is 0 Å². The number of carboxylic acid groups (broad SMARTS) is 1. The highest BCUT2D eigenvalue weighted by Gasteiger charge is 2.10. The first-order valence-corrected chi connectivity index (χ1v) is 6.46. The van der Waals surface area contributed by atoms with Crippen molar-refractivity contribution < 1.29 is 23.5 Å². The van der Waals surface area contributed by atoms with E-state index in [4.69, 9.17) is 16.7 Å². The molecular weight excluding hydrogens is 314 g/mol. The molecule has 6 heteroatoms. The molecule has 0 amide bonds. The van der Waals surface area contributed by atoms with Gasteiger partial charge in [-0.15, -0.1) is 0 Å². The monoisotopic (exact) mass is 322 g/mol. The van der Waals surface area contributed by atoms with Crippen LogP contribution in [0.1, 0.15) is 26.3 Å². The zero-order chi connectivity index (χ0) is 16.3. The zero-order valence-electron chi connectivity index (χ0n) is 11.0. The standard InChI is InChI=1S/C16H9ClF2O3/c17-13-7-10(16(21)22)2-1-9(13)3-6-15(20)12-5-4-11(18)8-14(12)19/h1-8H,(H,21,22)/b6-3+. The molecule has 1 N–H and O–H groups in total. The molecule has 0 unspecified atom stereocenters. The highest BCUT2D eigenvalue weighted by molar-refractivity contribution is 6.32. The highest BCUT2D eigenvalue weighted by Crippen LogP contribution is 2.20. The molecule has 0 radical (unpaired) electrons. The molecule has 0 fully saturated rings. The summed E-state index contributed by atoms with van der Waals surface area (Å²) in [7, 11) is 0. The molecule has 22 heavy (non-hydrogen) atoms. The van der Waals surface area contributed by atoms with Crippen molar-refractivity contribution in [1.29, 1.82) is 0 Å². The van der Waals surface area contributed by atoms with E-state index in [2.05, 4.69) is 0 Å². The average molecular weight is 323 g/mol. The predicted molar refractivity (Wildman–Crippen MR) is 78.1 cm³/mol. The van der Waals surface area contributed by atoms with Crippen molar-refractivity contribution in [2.24, 2.45) is 0 Å². The number of hydrogen-bond acceptors (Lipinski definition) is 2. The van der Waals surface area contributed by atoms with E-state index in [1.807, 2.05) is 0 Å². The summed E-state index contributed by atoms with van der Waals surface area (Å²) in [5.74, 6) is -3.51. The van der Waals surface area contributed by atoms with Crippen LogP contribution in [0.4, 0.5) is 8.78 Å². The summed E-state index contributed by atoms with van der Waals surface area (Å²) in [5, 5.41) is 8.96. The number of carbonyl (C=O) groups is 2. The molecule has 0 saturated carbocycles. The van der Waals surface area contributed by atoms with Crippen LogP contribution in [0.5, 0.6) is 0 Å². The number of carbonyl (C=O) groups excluding carboxylic acids is 1. The maximum atomic E-state index is 13.5. The van der Waals surface area contributed by atoms with E-state index in [0.29, 0.717) is 11.6 Å². The zero-order valence-corrected chi connectivity index (χ0v) is 11.8. The number of rotatable bonds is 4. The number of halogens is 3. The van der Waals surface area contributed by atoms with E-state index < -0.39 is 23.4 Å². The van der Waals surface area contributed by atoms with Crippen molar-refractivity contribution in [3.05, 3.63) is 75.8 Å². The van der Waals surface area contributed by atoms with Gasteiger partial charge in [0.2, 0.25) is 0 Å². The van der Waals surface area contributed by atoms with Crippen molar-refractivity contribution in [3.8, 4) is 0 Å². The van der Waals surface area contributed by atoms with Crippen molar-refractivity contribution in [2.45, 2.75) is 0 Å². The summed E-state index contributed by atoms with van der Waals surface area (Å²) < 4.78 is 26.2. The van der Waals surface area contributed by atoms with Crippen LogP contribution in [0, 0.1) is 11.6 Å². The Bertz CT molecular complexity index is 785. The molecule has 2 rings (SSSR count). The normalized spacial score (nSPS) is 10.9. The fourth-order valence-electron chi connectivity index (χ4n) is 1.74. The van der Waals surface area contributed by atoms with E-state index in [9.17, 15) is 18.4 Å². The number of carboxylic acids is 1. The minimum Gasteiger partial charge on any atom is -0.478 e. The van der Waals surface area contributed by atoms with Gasteiger partial charge in [0.25, 0.3) is 0 Å². The van der Waals surface area contributed by atoms with Crippen LogP contribution < -0.4 is 0 Å². The van der Waals surface area contributed by atoms with Crippen LogP contribution in [0.3, 0.4) is 0 Å². The topological polar surface area (TPSA) is 54.4 Å². The molecule has 0 heterocycles. The number of ketones is 1. The lowest BCUT2D eigenvalue weighted by atomic mass is 10.1. The van der Waals surface area contributed by atoms with Crippen LogP contribution >= 0.6 is 11.6 Å². The molecule has 2 aromatic rings. The SMILES string of the molecule is O=C(O)c1ccc(/C=C/C(=O)c2ccc(F)cc2F)c(Cl)c1. The third-order valence-corrected chi connectivity index (χ3v) is 3.19. The molecule has 0 atom stereocenters. The second-order valence-corrected chi connectivity index (χ2v) is 4.77. The maximum Gasteiger partial charge on any atom is 0.335 e. The minimum absolute atomic E-state index is 0.0121. The van der Waals surface area contributed by atoms with E-state index in [1.54, 1.807) is 0 Å². The fourth-order valence-corrected chi connectivity index (χ4v) is 1.98. The van der Waals surface area contributed by atoms with Crippen molar-refractivity contribution in [1.82, 2.24) is 0 Å². The van der Waals surface area contributed by atoms with Crippen LogP contribution in [0.2, 0.25) is 5.02 Å². The first-order chi connectivity index (χ1) is 10.4. The first-order valence-electron chi connectivity index (χ1n) is 6.09. The van der Waals surface area contributed by atoms with Gasteiger partial charge < -0.3 is 5.11 Å². The van der Waals surface area contributed by atoms with E-state index in [0.717, 1.165) is 18.2 Å². The van der Waals surface area contributed by atoms with E-state index in [1.165, 1.54) is 24.3 Å². The molecule has 2 aromatic carbocycles. The summed E-state index contributed by atoms with van der Waals surface area (Å²) in [4.78, 5) is 22.6. The lowest BCUT2D eigenvalue weighted by Gasteiger charge is -2.01. The van der Waals surface area contributed by atoms with Crippen LogP contribution in [0.15, 0.2) is 42.5 Å². The van der Waals surface area contributed by atoms with Gasteiger partial charge in [-0.25, -0.2) is 13.6 Å². The molecule has 0 aromatic heterocycles. The summed E-state index contributed by atoms with van der Waals surface area (Å²) >= 11 is 5.91. The van der Waals surface area contributed by atoms with Crippen molar-refractivity contribution in [3.63, 3.8) is 0 Å². The molecule has 112 valence electrons. The lowest BCUT2D eigenvalue weighted by Crippen LogP contribution is -1.99. The van der Waals surface area contributed by atoms with Gasteiger partial charge in [0.1, 0.15) is 11.6 Å². The number of aromatic carboxylic acids is 1. The van der Waals surface area contributed by atoms with E-state index in [-0.39, 0.29) is 16.1 Å². The van der Waals surface area contributed by atoms with Gasteiger partial charge in [-0.05, 0) is 42.0 Å². The quantitative estimate of drug-likeness (QED) is 0.677. The van der Waals surface area contributed by atoms with Gasteiger partial charge in [0, 0.05) is 11.1 Å². The largest absolute Gasteiger partial charge is 0.478 e. The third kappa shape index (κ3) is 3.56. The third-order valence-electron chi connectivity index (χ3n) is 2.86. The van der Waals surface area contributed by atoms with Gasteiger partial charge >= 0.3 is 5.97 Å². The second-order valence-electron chi connectivity index (χ2n) is 4.36. The van der Waals surface area contributed by atoms with Gasteiger partial charge in [-0.1, -0.05) is 17.7 Å². The molecule has 0 saturated heterocycles. The summed E-state index contributed by atoms with van der Waals surface area (Å²) in [5.41, 5.74) is 0.150. The fraction of sp³-hybridized carbons (Fsp3) is 0. The maximum absolute atomic E-state index is 13.5. The lowest BCUT2D eigenvalue weighted by molar-refractivity contribution is 0.0696. The Morgan fingerprint density at radius 1 is 1.09 bits per heavy atom. The number of allylic oxidation sites excluding steroid dienone is 1. The summed E-state index contributed by atoms with van der Waals surface area (Å²) in [6.07, 6.45) is 2.41. The molecule has 0 aliphatic heterocycles. The Morgan fingerprint density at radius 2 is 1.82 bits per heavy atom. The molecule has 0 spiro atoms. The van der Waals surface area contributed by atoms with Crippen LogP contribution in [-0.2, 0) is 0 Å². The number of benzene rings is 2. The van der Waals surface area contributed by atoms with Gasteiger partial charge in [-0.2, -0.15) is 0 Å². The second kappa shape index (κ2) is 6.49. The first kappa shape index (κ1) is 15.9. The Balaban J connectivity index is 2.24. The molecule has 0 bridgehead atoms. The summed E-state index contributed by atoms with van der Waals surface area (Å²) in [6.45, 7) is 0. The number of hydrogen-bond donors (Lipinski definition) is 1. The smallest absolute Gasteiger partial charge is 0.335 e. The Labute approximate surface area is 129 Å². The molecule has 0 aliphatic carbocycles.